The van der Waals surface area contributed by atoms with Crippen LogP contribution >= 0.6 is 12.4 Å². The molecule has 3 heteroatoms. The van der Waals surface area contributed by atoms with Gasteiger partial charge in [0.2, 0.25) is 0 Å². The molecule has 0 saturated heterocycles. The summed E-state index contributed by atoms with van der Waals surface area (Å²) in [6, 6.07) is 0. The van der Waals surface area contributed by atoms with E-state index >= 15 is 0 Å². The van der Waals surface area contributed by atoms with E-state index in [2.05, 4.69) is 0 Å². The molecule has 0 aliphatic rings. The number of rotatable bonds is 3. The van der Waals surface area contributed by atoms with E-state index in [1.807, 2.05) is 20.8 Å². The van der Waals surface area contributed by atoms with Crippen LogP contribution in [0.25, 0.3) is 0 Å². The molecule has 0 bridgehead atoms. The van der Waals surface area contributed by atoms with Crippen LogP contribution < -0.4 is 5.73 Å². The van der Waals surface area contributed by atoms with Crippen molar-refractivity contribution < 1.29 is 5.11 Å². The Morgan fingerprint density at radius 1 is 1.50 bits per heavy atom. The normalized spacial score (nSPS) is 14.1. The first-order chi connectivity index (χ1) is 3.98. The number of aliphatic hydroxyl groups is 1. The Balaban J connectivity index is 0. The van der Waals surface area contributed by atoms with E-state index in [1.54, 1.807) is 0 Å². The minimum Gasteiger partial charge on any atom is -0.391 e. The fourth-order valence-corrected chi connectivity index (χ4v) is 0.645. The van der Waals surface area contributed by atoms with E-state index in [1.165, 1.54) is 0 Å². The van der Waals surface area contributed by atoms with Gasteiger partial charge in [0.25, 0.3) is 0 Å². The fourth-order valence-electron chi connectivity index (χ4n) is 0.645. The maximum atomic E-state index is 9.26. The van der Waals surface area contributed by atoms with Crippen LogP contribution in [0.1, 0.15) is 33.6 Å². The highest BCUT2D eigenvalue weighted by Gasteiger charge is 2.20. The van der Waals surface area contributed by atoms with Crippen LogP contribution in [0.2, 0.25) is 0 Å². The maximum Gasteiger partial charge on any atom is 0.0714 e. The summed E-state index contributed by atoms with van der Waals surface area (Å²) in [6.45, 7) is 5.72. The lowest BCUT2D eigenvalue weighted by molar-refractivity contribution is 0.0946. The molecule has 0 aromatic carbocycles. The molecule has 0 rings (SSSR count). The van der Waals surface area contributed by atoms with Gasteiger partial charge in [-0.2, -0.15) is 0 Å². The summed E-state index contributed by atoms with van der Waals surface area (Å²) >= 11 is 0. The van der Waals surface area contributed by atoms with Gasteiger partial charge in [-0.25, -0.2) is 0 Å². The zero-order valence-electron chi connectivity index (χ0n) is 6.92. The van der Waals surface area contributed by atoms with Crippen LogP contribution in [0.15, 0.2) is 0 Å². The molecule has 0 radical (unpaired) electrons. The molecule has 0 amide bonds. The third-order valence-corrected chi connectivity index (χ3v) is 1.42. The Morgan fingerprint density at radius 2 is 1.90 bits per heavy atom. The van der Waals surface area contributed by atoms with Crippen LogP contribution in [-0.2, 0) is 0 Å². The van der Waals surface area contributed by atoms with Crippen LogP contribution in [0.3, 0.4) is 0 Å². The van der Waals surface area contributed by atoms with Crippen molar-refractivity contribution in [2.75, 3.05) is 0 Å². The van der Waals surface area contributed by atoms with Gasteiger partial charge in [-0.1, -0.05) is 13.3 Å². The molecular formula is C7H18ClNO. The minimum absolute atomic E-state index is 0. The number of halogens is 1. The molecule has 0 spiro atoms. The van der Waals surface area contributed by atoms with Gasteiger partial charge in [0.05, 0.1) is 6.10 Å². The molecule has 1 atom stereocenters. The van der Waals surface area contributed by atoms with Crippen molar-refractivity contribution in [2.24, 2.45) is 5.73 Å². The van der Waals surface area contributed by atoms with Gasteiger partial charge in [-0.05, 0) is 20.3 Å². The summed E-state index contributed by atoms with van der Waals surface area (Å²) in [5.74, 6) is 0. The van der Waals surface area contributed by atoms with Crippen molar-refractivity contribution in [3.63, 3.8) is 0 Å². The lowest BCUT2D eigenvalue weighted by Gasteiger charge is -2.25. The van der Waals surface area contributed by atoms with Crippen molar-refractivity contribution >= 4 is 12.4 Å². The molecule has 0 heterocycles. The lowest BCUT2D eigenvalue weighted by Crippen LogP contribution is -2.44. The standard InChI is InChI=1S/C7H17NO.ClH/c1-4-5-6(9)7(2,3)8;/h6,9H,4-5,8H2,1-3H3;1H. The Labute approximate surface area is 69.2 Å². The van der Waals surface area contributed by atoms with Crippen molar-refractivity contribution in [3.05, 3.63) is 0 Å². The Morgan fingerprint density at radius 3 is 2.00 bits per heavy atom. The molecule has 0 saturated carbocycles. The lowest BCUT2D eigenvalue weighted by atomic mass is 9.95. The summed E-state index contributed by atoms with van der Waals surface area (Å²) in [5.41, 5.74) is 5.18. The Bertz CT molecular complexity index is 80.2. The molecule has 0 fully saturated rings. The second-order valence-electron chi connectivity index (χ2n) is 3.13. The summed E-state index contributed by atoms with van der Waals surface area (Å²) in [5, 5.41) is 9.26. The van der Waals surface area contributed by atoms with Crippen molar-refractivity contribution in [2.45, 2.75) is 45.3 Å². The van der Waals surface area contributed by atoms with Gasteiger partial charge < -0.3 is 10.8 Å². The molecule has 0 aromatic rings. The molecule has 3 N–H and O–H groups in total. The van der Waals surface area contributed by atoms with Gasteiger partial charge in [-0.15, -0.1) is 12.4 Å². The van der Waals surface area contributed by atoms with Gasteiger partial charge >= 0.3 is 0 Å². The van der Waals surface area contributed by atoms with E-state index in [9.17, 15) is 5.11 Å². The minimum atomic E-state index is -0.435. The number of hydrogen-bond acceptors (Lipinski definition) is 2. The Kier molecular flexibility index (Phi) is 6.35. The number of nitrogens with two attached hydrogens (primary N) is 1. The van der Waals surface area contributed by atoms with Crippen LogP contribution in [0, 0.1) is 0 Å². The van der Waals surface area contributed by atoms with E-state index in [0.29, 0.717) is 0 Å². The first kappa shape index (κ1) is 12.8. The molecule has 10 heavy (non-hydrogen) atoms. The average molecular weight is 168 g/mol. The average Bonchev–Trinajstić information content (AvgIpc) is 1.64. The third kappa shape index (κ3) is 5.03. The summed E-state index contributed by atoms with van der Waals surface area (Å²) < 4.78 is 0. The second kappa shape index (κ2) is 4.94. The fraction of sp³-hybridized carbons (Fsp3) is 1.00. The molecule has 0 aliphatic heterocycles. The summed E-state index contributed by atoms with van der Waals surface area (Å²) in [6.07, 6.45) is 1.42. The molecular weight excluding hydrogens is 150 g/mol. The van der Waals surface area contributed by atoms with Crippen molar-refractivity contribution in [3.8, 4) is 0 Å². The van der Waals surface area contributed by atoms with Crippen LogP contribution in [-0.4, -0.2) is 16.7 Å². The van der Waals surface area contributed by atoms with E-state index in [-0.39, 0.29) is 18.5 Å². The number of aliphatic hydroxyl groups excluding tert-OH is 1. The van der Waals surface area contributed by atoms with Crippen LogP contribution in [0.4, 0.5) is 0 Å². The Hall–Kier alpha value is 0.210. The molecule has 2 nitrogen and oxygen atoms in total. The monoisotopic (exact) mass is 167 g/mol. The van der Waals surface area contributed by atoms with Gasteiger partial charge in [0, 0.05) is 5.54 Å². The highest BCUT2D eigenvalue weighted by molar-refractivity contribution is 5.85. The van der Waals surface area contributed by atoms with Gasteiger partial charge in [0.1, 0.15) is 0 Å². The van der Waals surface area contributed by atoms with E-state index in [0.717, 1.165) is 12.8 Å². The topological polar surface area (TPSA) is 46.2 Å². The van der Waals surface area contributed by atoms with E-state index < -0.39 is 5.54 Å². The third-order valence-electron chi connectivity index (χ3n) is 1.42. The first-order valence-corrected chi connectivity index (χ1v) is 3.45. The molecule has 0 aromatic heterocycles. The zero-order chi connectivity index (χ0) is 7.49. The summed E-state index contributed by atoms with van der Waals surface area (Å²) in [4.78, 5) is 0. The predicted octanol–water partition coefficient (Wildman–Crippen LogP) is 1.31. The van der Waals surface area contributed by atoms with E-state index in [4.69, 9.17) is 5.73 Å². The molecule has 1 unspecified atom stereocenters. The largest absolute Gasteiger partial charge is 0.391 e. The van der Waals surface area contributed by atoms with Gasteiger partial charge in [0.15, 0.2) is 0 Å². The molecule has 64 valence electrons. The zero-order valence-corrected chi connectivity index (χ0v) is 7.74. The van der Waals surface area contributed by atoms with Crippen molar-refractivity contribution in [1.82, 2.24) is 0 Å². The van der Waals surface area contributed by atoms with Crippen LogP contribution in [0.5, 0.6) is 0 Å². The quantitative estimate of drug-likeness (QED) is 0.666. The summed E-state index contributed by atoms with van der Waals surface area (Å²) in [7, 11) is 0. The van der Waals surface area contributed by atoms with Gasteiger partial charge in [-0.3, -0.25) is 0 Å². The highest BCUT2D eigenvalue weighted by atomic mass is 35.5. The second-order valence-corrected chi connectivity index (χ2v) is 3.13. The van der Waals surface area contributed by atoms with Crippen molar-refractivity contribution in [1.29, 1.82) is 0 Å². The maximum absolute atomic E-state index is 9.26. The first-order valence-electron chi connectivity index (χ1n) is 3.45. The SMILES string of the molecule is CCCC(O)C(C)(C)N.Cl. The smallest absolute Gasteiger partial charge is 0.0714 e. The number of hydrogen-bond donors (Lipinski definition) is 2. The highest BCUT2D eigenvalue weighted by Crippen LogP contribution is 2.09. The molecule has 0 aliphatic carbocycles. The predicted molar refractivity (Wildman–Crippen MR) is 46.4 cm³/mol.